The molecule has 3 aromatic rings. The number of hydrogen-bond acceptors (Lipinski definition) is 5. The van der Waals surface area contributed by atoms with Crippen LogP contribution in [0.15, 0.2) is 69.9 Å². The molecule has 0 aliphatic carbocycles. The second kappa shape index (κ2) is 8.49. The highest BCUT2D eigenvalue weighted by Gasteiger charge is 2.26. The standard InChI is InChI=1S/C23H24N2O4/c1-17(28-20-9-7-19-8-10-22(26)29-21(19)15-20)23(27)25-13-11-24(12-14-25)16-18-5-3-2-4-6-18/h2-10,15,17H,11-14,16H2,1H3/t17-/m0/s1. The predicted octanol–water partition coefficient (Wildman–Crippen LogP) is 2.90. The maximum absolute atomic E-state index is 12.8. The van der Waals surface area contributed by atoms with E-state index in [9.17, 15) is 9.59 Å². The minimum atomic E-state index is -0.608. The van der Waals surface area contributed by atoms with E-state index in [1.165, 1.54) is 11.6 Å². The van der Waals surface area contributed by atoms with E-state index in [2.05, 4.69) is 17.0 Å². The summed E-state index contributed by atoms with van der Waals surface area (Å²) in [6.45, 7) is 5.71. The van der Waals surface area contributed by atoms with Crippen LogP contribution in [0.1, 0.15) is 12.5 Å². The summed E-state index contributed by atoms with van der Waals surface area (Å²) < 4.78 is 11.0. The summed E-state index contributed by atoms with van der Waals surface area (Å²) in [7, 11) is 0. The summed E-state index contributed by atoms with van der Waals surface area (Å²) in [4.78, 5) is 28.4. The summed E-state index contributed by atoms with van der Waals surface area (Å²) in [5, 5.41) is 0.811. The van der Waals surface area contributed by atoms with Crippen molar-refractivity contribution in [1.82, 2.24) is 9.80 Å². The van der Waals surface area contributed by atoms with Crippen LogP contribution in [0.4, 0.5) is 0 Å². The Hall–Kier alpha value is -3.12. The normalized spacial score (nSPS) is 16.0. The Labute approximate surface area is 169 Å². The predicted molar refractivity (Wildman–Crippen MR) is 111 cm³/mol. The Kier molecular flexibility index (Phi) is 5.62. The highest BCUT2D eigenvalue weighted by molar-refractivity contribution is 5.81. The van der Waals surface area contributed by atoms with Gasteiger partial charge in [0.25, 0.3) is 5.91 Å². The maximum Gasteiger partial charge on any atom is 0.336 e. The third-order valence-corrected chi connectivity index (χ3v) is 5.19. The molecular weight excluding hydrogens is 368 g/mol. The molecule has 1 aliphatic rings. The molecule has 0 bridgehead atoms. The number of nitrogens with zero attached hydrogens (tertiary/aromatic N) is 2. The lowest BCUT2D eigenvalue weighted by Crippen LogP contribution is -2.51. The van der Waals surface area contributed by atoms with Crippen LogP contribution in [0, 0.1) is 0 Å². The summed E-state index contributed by atoms with van der Waals surface area (Å²) in [6, 6.07) is 18.7. The molecule has 0 spiro atoms. The lowest BCUT2D eigenvalue weighted by molar-refractivity contribution is -0.139. The molecule has 0 saturated carbocycles. The number of benzene rings is 2. The fraction of sp³-hybridized carbons (Fsp3) is 0.304. The Morgan fingerprint density at radius 2 is 1.76 bits per heavy atom. The molecular formula is C23H24N2O4. The smallest absolute Gasteiger partial charge is 0.336 e. The Balaban J connectivity index is 1.33. The molecule has 1 aliphatic heterocycles. The molecule has 0 N–H and O–H groups in total. The van der Waals surface area contributed by atoms with Crippen LogP contribution < -0.4 is 10.4 Å². The van der Waals surface area contributed by atoms with Crippen LogP contribution in [0.3, 0.4) is 0 Å². The van der Waals surface area contributed by atoms with Gasteiger partial charge in [-0.2, -0.15) is 0 Å². The molecule has 6 nitrogen and oxygen atoms in total. The summed E-state index contributed by atoms with van der Waals surface area (Å²) in [5.74, 6) is 0.481. The number of amides is 1. The van der Waals surface area contributed by atoms with Crippen molar-refractivity contribution in [2.24, 2.45) is 0 Å². The number of piperazine rings is 1. The van der Waals surface area contributed by atoms with Gasteiger partial charge in [-0.25, -0.2) is 4.79 Å². The van der Waals surface area contributed by atoms with Gasteiger partial charge in [-0.3, -0.25) is 9.69 Å². The van der Waals surface area contributed by atoms with Crippen molar-refractivity contribution < 1.29 is 13.9 Å². The molecule has 1 saturated heterocycles. The first-order valence-corrected chi connectivity index (χ1v) is 9.84. The average molecular weight is 392 g/mol. The van der Waals surface area contributed by atoms with Crippen molar-refractivity contribution in [3.63, 3.8) is 0 Å². The van der Waals surface area contributed by atoms with E-state index < -0.39 is 11.7 Å². The van der Waals surface area contributed by atoms with E-state index in [0.29, 0.717) is 24.4 Å². The maximum atomic E-state index is 12.8. The first-order valence-electron chi connectivity index (χ1n) is 9.84. The van der Waals surface area contributed by atoms with Gasteiger partial charge < -0.3 is 14.1 Å². The number of carbonyl (C=O) groups is 1. The average Bonchev–Trinajstić information content (AvgIpc) is 2.74. The highest BCUT2D eigenvalue weighted by Crippen LogP contribution is 2.21. The van der Waals surface area contributed by atoms with Gasteiger partial charge in [0, 0.05) is 50.2 Å². The molecule has 0 radical (unpaired) electrons. The molecule has 1 aromatic heterocycles. The minimum Gasteiger partial charge on any atom is -0.481 e. The number of fused-ring (bicyclic) bond motifs is 1. The number of hydrogen-bond donors (Lipinski definition) is 0. The molecule has 2 aromatic carbocycles. The number of ether oxygens (including phenoxy) is 1. The first kappa shape index (κ1) is 19.2. The monoisotopic (exact) mass is 392 g/mol. The van der Waals surface area contributed by atoms with Gasteiger partial charge in [0.15, 0.2) is 6.10 Å². The van der Waals surface area contributed by atoms with Gasteiger partial charge in [-0.1, -0.05) is 30.3 Å². The van der Waals surface area contributed by atoms with Gasteiger partial charge in [-0.15, -0.1) is 0 Å². The fourth-order valence-electron chi connectivity index (χ4n) is 3.59. The summed E-state index contributed by atoms with van der Waals surface area (Å²) in [5.41, 5.74) is 1.32. The van der Waals surface area contributed by atoms with Gasteiger partial charge >= 0.3 is 5.63 Å². The molecule has 0 unspecified atom stereocenters. The van der Waals surface area contributed by atoms with Crippen LogP contribution in [0.5, 0.6) is 5.75 Å². The van der Waals surface area contributed by atoms with Crippen LogP contribution in [0.2, 0.25) is 0 Å². The van der Waals surface area contributed by atoms with E-state index in [1.54, 1.807) is 25.1 Å². The third-order valence-electron chi connectivity index (χ3n) is 5.19. The lowest BCUT2D eigenvalue weighted by atomic mass is 10.2. The minimum absolute atomic E-state index is 0.0287. The quantitative estimate of drug-likeness (QED) is 0.625. The van der Waals surface area contributed by atoms with Crippen molar-refractivity contribution in [2.45, 2.75) is 19.6 Å². The van der Waals surface area contributed by atoms with E-state index in [-0.39, 0.29) is 5.91 Å². The Morgan fingerprint density at radius 3 is 2.52 bits per heavy atom. The van der Waals surface area contributed by atoms with Crippen LogP contribution in [-0.4, -0.2) is 48.0 Å². The molecule has 1 fully saturated rings. The number of carbonyl (C=O) groups excluding carboxylic acids is 1. The van der Waals surface area contributed by atoms with Crippen molar-refractivity contribution in [3.8, 4) is 5.75 Å². The van der Waals surface area contributed by atoms with Gasteiger partial charge in [0.2, 0.25) is 0 Å². The van der Waals surface area contributed by atoms with Crippen molar-refractivity contribution in [1.29, 1.82) is 0 Å². The zero-order chi connectivity index (χ0) is 20.2. The van der Waals surface area contributed by atoms with Gasteiger partial charge in [0.05, 0.1) is 0 Å². The lowest BCUT2D eigenvalue weighted by Gasteiger charge is -2.35. The van der Waals surface area contributed by atoms with E-state index in [1.807, 2.05) is 29.2 Å². The van der Waals surface area contributed by atoms with E-state index in [0.717, 1.165) is 25.0 Å². The first-order chi connectivity index (χ1) is 14.1. The topological polar surface area (TPSA) is 63.0 Å². The molecule has 29 heavy (non-hydrogen) atoms. The number of rotatable bonds is 5. The van der Waals surface area contributed by atoms with Crippen molar-refractivity contribution in [3.05, 3.63) is 76.6 Å². The van der Waals surface area contributed by atoms with Crippen molar-refractivity contribution >= 4 is 16.9 Å². The second-order valence-electron chi connectivity index (χ2n) is 7.30. The Morgan fingerprint density at radius 1 is 1.03 bits per heavy atom. The molecule has 150 valence electrons. The van der Waals surface area contributed by atoms with E-state index >= 15 is 0 Å². The molecule has 6 heteroatoms. The zero-order valence-corrected chi connectivity index (χ0v) is 16.4. The summed E-state index contributed by atoms with van der Waals surface area (Å²) in [6.07, 6.45) is -0.608. The van der Waals surface area contributed by atoms with Gasteiger partial charge in [-0.05, 0) is 30.7 Å². The van der Waals surface area contributed by atoms with Crippen molar-refractivity contribution in [2.75, 3.05) is 26.2 Å². The largest absolute Gasteiger partial charge is 0.481 e. The van der Waals surface area contributed by atoms with Crippen LogP contribution >= 0.6 is 0 Å². The van der Waals surface area contributed by atoms with Gasteiger partial charge in [0.1, 0.15) is 11.3 Å². The van der Waals surface area contributed by atoms with E-state index in [4.69, 9.17) is 9.15 Å². The second-order valence-corrected chi connectivity index (χ2v) is 7.30. The summed E-state index contributed by atoms with van der Waals surface area (Å²) >= 11 is 0. The fourth-order valence-corrected chi connectivity index (χ4v) is 3.59. The highest BCUT2D eigenvalue weighted by atomic mass is 16.5. The third kappa shape index (κ3) is 4.66. The SMILES string of the molecule is C[C@H](Oc1ccc2ccc(=O)oc2c1)C(=O)N1CCN(Cc2ccccc2)CC1. The van der Waals surface area contributed by atoms with Crippen LogP contribution in [0.25, 0.3) is 11.0 Å². The molecule has 1 amide bonds. The molecule has 1 atom stereocenters. The molecule has 4 rings (SSSR count). The molecule has 2 heterocycles. The Bertz CT molecular complexity index is 1040. The zero-order valence-electron chi connectivity index (χ0n) is 16.4. The van der Waals surface area contributed by atoms with Crippen LogP contribution in [-0.2, 0) is 11.3 Å².